The van der Waals surface area contributed by atoms with Gasteiger partial charge in [-0.2, -0.15) is 5.10 Å². The first-order chi connectivity index (χ1) is 14.1. The Balaban J connectivity index is 1.67. The minimum Gasteiger partial charge on any atom is -0.497 e. The minimum atomic E-state index is -0.753. The topological polar surface area (TPSA) is 82.0 Å². The molecule has 0 bridgehead atoms. The van der Waals surface area contributed by atoms with Crippen LogP contribution in [0.15, 0.2) is 59.8 Å². The number of nitrogens with zero attached hydrogens (tertiary/aromatic N) is 2. The molecule has 7 nitrogen and oxygen atoms in total. The molecule has 7 heteroatoms. The number of hydrogen-bond donors (Lipinski definition) is 1. The number of carbonyl (C=O) groups excluding carboxylic acids is 1. The van der Waals surface area contributed by atoms with E-state index in [4.69, 9.17) is 14.2 Å². The van der Waals surface area contributed by atoms with E-state index in [-0.39, 0.29) is 5.91 Å². The van der Waals surface area contributed by atoms with Crippen molar-refractivity contribution in [1.29, 1.82) is 0 Å². The maximum atomic E-state index is 12.4. The number of methoxy groups -OCH3 is 1. The Morgan fingerprint density at radius 2 is 2.03 bits per heavy atom. The molecular weight excluding hydrogens is 370 g/mol. The maximum absolute atomic E-state index is 12.4. The summed E-state index contributed by atoms with van der Waals surface area (Å²) in [5.74, 6) is 1.48. The molecule has 1 N–H and O–H groups in total. The lowest BCUT2D eigenvalue weighted by Gasteiger charge is -2.14. The molecule has 1 unspecified atom stereocenters. The lowest BCUT2D eigenvalue weighted by molar-refractivity contribution is -0.127. The van der Waals surface area contributed by atoms with Gasteiger partial charge in [-0.05, 0) is 44.2 Å². The fraction of sp³-hybridized carbons (Fsp3) is 0.227. The largest absolute Gasteiger partial charge is 0.497 e. The Bertz CT molecular complexity index is 1010. The Morgan fingerprint density at radius 3 is 2.83 bits per heavy atom. The zero-order chi connectivity index (χ0) is 20.6. The fourth-order valence-electron chi connectivity index (χ4n) is 2.71. The van der Waals surface area contributed by atoms with Gasteiger partial charge in [-0.3, -0.25) is 9.78 Å². The molecule has 29 heavy (non-hydrogen) atoms. The van der Waals surface area contributed by atoms with E-state index in [0.717, 1.165) is 5.39 Å². The standard InChI is InChI=1S/C22H23N3O4/c1-4-28-19-11-10-18(27-3)13-17(19)14-24-25-22(26)15(2)29-20-9-5-7-16-8-6-12-23-21(16)20/h5-15H,4H2,1-3H3,(H,25,26). The second-order valence-electron chi connectivity index (χ2n) is 6.16. The summed E-state index contributed by atoms with van der Waals surface area (Å²) in [6.45, 7) is 4.07. The number of hydrazone groups is 1. The van der Waals surface area contributed by atoms with Gasteiger partial charge in [0, 0.05) is 17.1 Å². The molecule has 0 aliphatic rings. The Morgan fingerprint density at radius 1 is 1.21 bits per heavy atom. The quantitative estimate of drug-likeness (QED) is 0.467. The number of fused-ring (bicyclic) bond motifs is 1. The number of amides is 1. The van der Waals surface area contributed by atoms with E-state index in [9.17, 15) is 4.79 Å². The van der Waals surface area contributed by atoms with Crippen LogP contribution in [0.1, 0.15) is 19.4 Å². The van der Waals surface area contributed by atoms with Crippen molar-refractivity contribution >= 4 is 23.0 Å². The number of pyridine rings is 1. The van der Waals surface area contributed by atoms with Crippen molar-refractivity contribution in [3.05, 3.63) is 60.3 Å². The van der Waals surface area contributed by atoms with Gasteiger partial charge in [-0.25, -0.2) is 5.43 Å². The van der Waals surface area contributed by atoms with Crippen molar-refractivity contribution in [2.75, 3.05) is 13.7 Å². The van der Waals surface area contributed by atoms with Crippen molar-refractivity contribution in [3.63, 3.8) is 0 Å². The van der Waals surface area contributed by atoms with Crippen LogP contribution in [-0.2, 0) is 4.79 Å². The maximum Gasteiger partial charge on any atom is 0.280 e. The predicted molar refractivity (Wildman–Crippen MR) is 112 cm³/mol. The number of aromatic nitrogens is 1. The molecule has 1 aromatic heterocycles. The van der Waals surface area contributed by atoms with Crippen LogP contribution in [0, 0.1) is 0 Å². The highest BCUT2D eigenvalue weighted by Gasteiger charge is 2.16. The molecule has 1 heterocycles. The van der Waals surface area contributed by atoms with Gasteiger partial charge in [-0.1, -0.05) is 18.2 Å². The number of rotatable bonds is 8. The Hall–Kier alpha value is -3.61. The van der Waals surface area contributed by atoms with Crippen molar-refractivity contribution < 1.29 is 19.0 Å². The van der Waals surface area contributed by atoms with Crippen LogP contribution in [0.25, 0.3) is 10.9 Å². The molecule has 0 radical (unpaired) electrons. The van der Waals surface area contributed by atoms with E-state index in [1.807, 2.05) is 31.2 Å². The molecule has 1 atom stereocenters. The zero-order valence-corrected chi connectivity index (χ0v) is 16.6. The van der Waals surface area contributed by atoms with E-state index in [2.05, 4.69) is 15.5 Å². The van der Waals surface area contributed by atoms with Crippen LogP contribution in [-0.4, -0.2) is 36.9 Å². The second kappa shape index (κ2) is 9.54. The number of benzene rings is 2. The summed E-state index contributed by atoms with van der Waals surface area (Å²) in [4.78, 5) is 16.7. The molecule has 2 aromatic carbocycles. The van der Waals surface area contributed by atoms with Crippen LogP contribution >= 0.6 is 0 Å². The van der Waals surface area contributed by atoms with Crippen molar-refractivity contribution in [2.24, 2.45) is 5.10 Å². The van der Waals surface area contributed by atoms with Gasteiger partial charge in [-0.15, -0.1) is 0 Å². The molecule has 0 aliphatic carbocycles. The lowest BCUT2D eigenvalue weighted by Crippen LogP contribution is -2.33. The first-order valence-corrected chi connectivity index (χ1v) is 9.26. The summed E-state index contributed by atoms with van der Waals surface area (Å²) < 4.78 is 16.6. The van der Waals surface area contributed by atoms with Crippen molar-refractivity contribution in [1.82, 2.24) is 10.4 Å². The SMILES string of the molecule is CCOc1ccc(OC)cc1C=NNC(=O)C(C)Oc1cccc2cccnc12. The summed E-state index contributed by atoms with van der Waals surface area (Å²) in [5.41, 5.74) is 3.89. The smallest absolute Gasteiger partial charge is 0.280 e. The van der Waals surface area contributed by atoms with E-state index in [1.165, 1.54) is 6.21 Å². The number of nitrogens with one attached hydrogen (secondary N) is 1. The van der Waals surface area contributed by atoms with Crippen LogP contribution in [0.3, 0.4) is 0 Å². The van der Waals surface area contributed by atoms with Gasteiger partial charge in [0.25, 0.3) is 5.91 Å². The van der Waals surface area contributed by atoms with E-state index in [1.54, 1.807) is 44.5 Å². The van der Waals surface area contributed by atoms with E-state index in [0.29, 0.717) is 34.9 Å². The first kappa shape index (κ1) is 20.1. The van der Waals surface area contributed by atoms with Crippen LogP contribution in [0.5, 0.6) is 17.2 Å². The summed E-state index contributed by atoms with van der Waals surface area (Å²) in [7, 11) is 1.58. The van der Waals surface area contributed by atoms with E-state index < -0.39 is 6.10 Å². The van der Waals surface area contributed by atoms with Gasteiger partial charge in [0.2, 0.25) is 0 Å². The summed E-state index contributed by atoms with van der Waals surface area (Å²) in [6, 6.07) is 14.8. The molecule has 1 amide bonds. The number of para-hydroxylation sites is 1. The Kier molecular flexibility index (Phi) is 6.63. The fourth-order valence-corrected chi connectivity index (χ4v) is 2.71. The second-order valence-corrected chi connectivity index (χ2v) is 6.16. The van der Waals surface area contributed by atoms with Gasteiger partial charge in [0.1, 0.15) is 22.8 Å². The Labute approximate surface area is 169 Å². The van der Waals surface area contributed by atoms with Crippen molar-refractivity contribution in [2.45, 2.75) is 20.0 Å². The van der Waals surface area contributed by atoms with Crippen LogP contribution < -0.4 is 19.6 Å². The number of hydrogen-bond acceptors (Lipinski definition) is 6. The van der Waals surface area contributed by atoms with E-state index >= 15 is 0 Å². The predicted octanol–water partition coefficient (Wildman–Crippen LogP) is 3.56. The van der Waals surface area contributed by atoms with Gasteiger partial charge in [0.05, 0.1) is 19.9 Å². The summed E-state index contributed by atoms with van der Waals surface area (Å²) in [5, 5.41) is 4.97. The molecule has 0 fully saturated rings. The molecule has 0 aliphatic heterocycles. The van der Waals surface area contributed by atoms with Gasteiger partial charge >= 0.3 is 0 Å². The molecule has 3 aromatic rings. The normalized spacial score (nSPS) is 12.0. The number of ether oxygens (including phenoxy) is 3. The highest BCUT2D eigenvalue weighted by molar-refractivity contribution is 5.88. The molecule has 150 valence electrons. The molecule has 3 rings (SSSR count). The third kappa shape index (κ3) is 5.01. The first-order valence-electron chi connectivity index (χ1n) is 9.26. The highest BCUT2D eigenvalue weighted by Crippen LogP contribution is 2.24. The zero-order valence-electron chi connectivity index (χ0n) is 16.6. The summed E-state index contributed by atoms with van der Waals surface area (Å²) >= 11 is 0. The van der Waals surface area contributed by atoms with Crippen LogP contribution in [0.2, 0.25) is 0 Å². The number of carbonyl (C=O) groups is 1. The molecule has 0 saturated carbocycles. The molecule has 0 spiro atoms. The third-order valence-electron chi connectivity index (χ3n) is 4.16. The average Bonchev–Trinajstić information content (AvgIpc) is 2.75. The molecular formula is C22H23N3O4. The van der Waals surface area contributed by atoms with Crippen LogP contribution in [0.4, 0.5) is 0 Å². The highest BCUT2D eigenvalue weighted by atomic mass is 16.5. The van der Waals surface area contributed by atoms with Gasteiger partial charge < -0.3 is 14.2 Å². The molecule has 0 saturated heterocycles. The monoisotopic (exact) mass is 393 g/mol. The van der Waals surface area contributed by atoms with Crippen molar-refractivity contribution in [3.8, 4) is 17.2 Å². The average molecular weight is 393 g/mol. The lowest BCUT2D eigenvalue weighted by atomic mass is 10.2. The minimum absolute atomic E-state index is 0.380. The third-order valence-corrected chi connectivity index (χ3v) is 4.16. The summed E-state index contributed by atoms with van der Waals surface area (Å²) in [6.07, 6.45) is 2.45. The van der Waals surface area contributed by atoms with Gasteiger partial charge in [0.15, 0.2) is 6.10 Å².